The summed E-state index contributed by atoms with van der Waals surface area (Å²) in [7, 11) is 0. The van der Waals surface area contributed by atoms with Crippen LogP contribution in [0.2, 0.25) is 0 Å². The highest BCUT2D eigenvalue weighted by molar-refractivity contribution is 5.42. The van der Waals surface area contributed by atoms with Crippen LogP contribution in [0.5, 0.6) is 0 Å². The van der Waals surface area contributed by atoms with Gasteiger partial charge in [-0.05, 0) is 6.07 Å². The normalized spacial score (nSPS) is 16.5. The lowest BCUT2D eigenvalue weighted by atomic mass is 10.1. The molecule has 3 rings (SSSR count). The van der Waals surface area contributed by atoms with E-state index in [0.717, 1.165) is 12.4 Å². The van der Waals surface area contributed by atoms with Crippen LogP contribution in [-0.2, 0) is 6.18 Å². The van der Waals surface area contributed by atoms with Gasteiger partial charge < -0.3 is 4.90 Å². The number of nitrogens with zero attached hydrogens (tertiary/aromatic N) is 5. The zero-order chi connectivity index (χ0) is 13.5. The largest absolute Gasteiger partial charge is 0.433 e. The average Bonchev–Trinajstić information content (AvgIpc) is 2.80. The van der Waals surface area contributed by atoms with Gasteiger partial charge in [0.2, 0.25) is 0 Å². The number of aromatic nitrogens is 4. The first-order valence-corrected chi connectivity index (χ1v) is 5.67. The van der Waals surface area contributed by atoms with Crippen molar-refractivity contribution in [3.05, 3.63) is 36.5 Å². The Bertz CT molecular complexity index is 560. The molecule has 0 saturated carbocycles. The Labute approximate surface area is 106 Å². The third kappa shape index (κ3) is 2.25. The van der Waals surface area contributed by atoms with E-state index in [1.54, 1.807) is 15.8 Å². The molecule has 1 aliphatic rings. The van der Waals surface area contributed by atoms with E-state index >= 15 is 0 Å². The van der Waals surface area contributed by atoms with Crippen molar-refractivity contribution >= 4 is 5.82 Å². The maximum atomic E-state index is 12.5. The van der Waals surface area contributed by atoms with Gasteiger partial charge in [0.15, 0.2) is 0 Å². The van der Waals surface area contributed by atoms with E-state index in [1.165, 1.54) is 0 Å². The van der Waals surface area contributed by atoms with Crippen LogP contribution >= 0.6 is 0 Å². The fourth-order valence-electron chi connectivity index (χ4n) is 1.98. The van der Waals surface area contributed by atoms with E-state index in [1.807, 2.05) is 12.3 Å². The van der Waals surface area contributed by atoms with Crippen LogP contribution in [-0.4, -0.2) is 32.8 Å². The molecule has 19 heavy (non-hydrogen) atoms. The highest BCUT2D eigenvalue weighted by Gasteiger charge is 2.35. The quantitative estimate of drug-likeness (QED) is 0.833. The Hall–Kier alpha value is -2.12. The number of rotatable bonds is 2. The molecule has 0 aromatic carbocycles. The van der Waals surface area contributed by atoms with Gasteiger partial charge in [0.25, 0.3) is 0 Å². The third-order valence-corrected chi connectivity index (χ3v) is 3.03. The van der Waals surface area contributed by atoms with Crippen LogP contribution in [0.1, 0.15) is 11.7 Å². The second-order valence-electron chi connectivity index (χ2n) is 4.30. The smallest absolute Gasteiger partial charge is 0.352 e. The van der Waals surface area contributed by atoms with Crippen LogP contribution in [0.25, 0.3) is 0 Å². The van der Waals surface area contributed by atoms with E-state index < -0.39 is 11.9 Å². The Morgan fingerprint density at radius 3 is 2.63 bits per heavy atom. The minimum absolute atomic E-state index is 0.180. The topological polar surface area (TPSA) is 46.8 Å². The number of hydrogen-bond donors (Lipinski definition) is 0. The standard InChI is InChI=1S/C11H10F3N5/c12-11(13,14)9-4-10(16-7-15-9)18-5-8(6-18)19-3-1-2-17-19/h1-4,7-8H,5-6H2. The van der Waals surface area contributed by atoms with E-state index in [2.05, 4.69) is 15.1 Å². The molecule has 3 heterocycles. The van der Waals surface area contributed by atoms with Gasteiger partial charge in [-0.25, -0.2) is 9.97 Å². The van der Waals surface area contributed by atoms with Crippen LogP contribution in [0.4, 0.5) is 19.0 Å². The van der Waals surface area contributed by atoms with E-state index in [0.29, 0.717) is 18.9 Å². The Morgan fingerprint density at radius 1 is 1.21 bits per heavy atom. The number of alkyl halides is 3. The number of anilines is 1. The molecule has 0 amide bonds. The SMILES string of the molecule is FC(F)(F)c1cc(N2CC(n3cccn3)C2)ncn1. The van der Waals surface area contributed by atoms with Crippen LogP contribution in [0, 0.1) is 0 Å². The lowest BCUT2D eigenvalue weighted by molar-refractivity contribution is -0.141. The van der Waals surface area contributed by atoms with Gasteiger partial charge in [-0.15, -0.1) is 0 Å². The summed E-state index contributed by atoms with van der Waals surface area (Å²) in [6, 6.07) is 2.97. The molecule has 8 heteroatoms. The molecule has 0 radical (unpaired) electrons. The molecular weight excluding hydrogens is 259 g/mol. The Balaban J connectivity index is 1.72. The maximum absolute atomic E-state index is 12.5. The summed E-state index contributed by atoms with van der Waals surface area (Å²) in [6.07, 6.45) is 0.0154. The van der Waals surface area contributed by atoms with Crippen molar-refractivity contribution in [3.8, 4) is 0 Å². The molecule has 100 valence electrons. The van der Waals surface area contributed by atoms with Crippen molar-refractivity contribution in [1.82, 2.24) is 19.7 Å². The predicted molar refractivity (Wildman–Crippen MR) is 60.5 cm³/mol. The lowest BCUT2D eigenvalue weighted by Crippen LogP contribution is -2.48. The summed E-state index contributed by atoms with van der Waals surface area (Å²) in [4.78, 5) is 8.88. The average molecular weight is 269 g/mol. The van der Waals surface area contributed by atoms with Crippen molar-refractivity contribution in [2.75, 3.05) is 18.0 Å². The maximum Gasteiger partial charge on any atom is 0.433 e. The first-order chi connectivity index (χ1) is 9.04. The highest BCUT2D eigenvalue weighted by Crippen LogP contribution is 2.31. The molecule has 0 unspecified atom stereocenters. The Morgan fingerprint density at radius 2 is 2.00 bits per heavy atom. The minimum atomic E-state index is -4.44. The number of hydrogen-bond acceptors (Lipinski definition) is 4. The van der Waals surface area contributed by atoms with Crippen LogP contribution < -0.4 is 4.90 Å². The van der Waals surface area contributed by atoms with Gasteiger partial charge in [-0.2, -0.15) is 18.3 Å². The monoisotopic (exact) mass is 269 g/mol. The highest BCUT2D eigenvalue weighted by atomic mass is 19.4. The van der Waals surface area contributed by atoms with Gasteiger partial charge >= 0.3 is 6.18 Å². The molecule has 1 fully saturated rings. The fraction of sp³-hybridized carbons (Fsp3) is 0.364. The molecule has 0 N–H and O–H groups in total. The molecule has 0 spiro atoms. The zero-order valence-corrected chi connectivity index (χ0v) is 9.75. The third-order valence-electron chi connectivity index (χ3n) is 3.03. The van der Waals surface area contributed by atoms with E-state index in [9.17, 15) is 13.2 Å². The summed E-state index contributed by atoms with van der Waals surface area (Å²) >= 11 is 0. The summed E-state index contributed by atoms with van der Waals surface area (Å²) < 4.78 is 39.4. The van der Waals surface area contributed by atoms with Gasteiger partial charge in [-0.1, -0.05) is 0 Å². The fourth-order valence-corrected chi connectivity index (χ4v) is 1.98. The summed E-state index contributed by atoms with van der Waals surface area (Å²) in [5.74, 6) is 0.297. The molecule has 2 aromatic heterocycles. The molecule has 0 aliphatic carbocycles. The zero-order valence-electron chi connectivity index (χ0n) is 9.75. The minimum Gasteiger partial charge on any atom is -0.352 e. The second kappa shape index (κ2) is 4.22. The first kappa shape index (κ1) is 11.9. The van der Waals surface area contributed by atoms with Gasteiger partial charge in [0, 0.05) is 31.5 Å². The molecular formula is C11H10F3N5. The van der Waals surface area contributed by atoms with Crippen molar-refractivity contribution in [2.24, 2.45) is 0 Å². The summed E-state index contributed by atoms with van der Waals surface area (Å²) in [6.45, 7) is 1.19. The van der Waals surface area contributed by atoms with Crippen molar-refractivity contribution < 1.29 is 13.2 Å². The van der Waals surface area contributed by atoms with E-state index in [-0.39, 0.29) is 6.04 Å². The molecule has 1 aliphatic heterocycles. The summed E-state index contributed by atoms with van der Waals surface area (Å²) in [5.41, 5.74) is -0.917. The van der Waals surface area contributed by atoms with Crippen LogP contribution in [0.3, 0.4) is 0 Å². The lowest BCUT2D eigenvalue weighted by Gasteiger charge is -2.40. The molecule has 2 aromatic rings. The van der Waals surface area contributed by atoms with Gasteiger partial charge in [0.05, 0.1) is 6.04 Å². The number of halogens is 3. The van der Waals surface area contributed by atoms with Crippen molar-refractivity contribution in [2.45, 2.75) is 12.2 Å². The molecule has 5 nitrogen and oxygen atoms in total. The van der Waals surface area contributed by atoms with Crippen LogP contribution in [0.15, 0.2) is 30.9 Å². The predicted octanol–water partition coefficient (Wildman–Crippen LogP) is 1.75. The van der Waals surface area contributed by atoms with Gasteiger partial charge in [-0.3, -0.25) is 4.68 Å². The summed E-state index contributed by atoms with van der Waals surface area (Å²) in [5, 5.41) is 4.10. The van der Waals surface area contributed by atoms with Gasteiger partial charge in [0.1, 0.15) is 17.8 Å². The molecule has 0 atom stereocenters. The first-order valence-electron chi connectivity index (χ1n) is 5.67. The Kier molecular flexibility index (Phi) is 2.65. The molecule has 0 bridgehead atoms. The van der Waals surface area contributed by atoms with Crippen molar-refractivity contribution in [1.29, 1.82) is 0 Å². The van der Waals surface area contributed by atoms with E-state index in [4.69, 9.17) is 0 Å². The second-order valence-corrected chi connectivity index (χ2v) is 4.30. The van der Waals surface area contributed by atoms with Crippen molar-refractivity contribution in [3.63, 3.8) is 0 Å². The molecule has 1 saturated heterocycles.